The normalized spacial score (nSPS) is 11.1. The number of carbonyl (C=O) groups excluding carboxylic acids is 2. The maximum Gasteiger partial charge on any atom is 0.277 e. The summed E-state index contributed by atoms with van der Waals surface area (Å²) in [5, 5.41) is 5.61. The number of aromatic nitrogens is 1. The molecule has 0 bridgehead atoms. The van der Waals surface area contributed by atoms with Crippen molar-refractivity contribution in [2.75, 3.05) is 6.61 Å². The first-order valence-corrected chi connectivity index (χ1v) is 8.95. The third-order valence-corrected chi connectivity index (χ3v) is 4.32. The van der Waals surface area contributed by atoms with E-state index in [2.05, 4.69) is 10.5 Å². The number of benzene rings is 2. The number of hydrogen-bond donors (Lipinski definition) is 2. The average molecular weight is 419 g/mol. The number of nitrogens with zero attached hydrogens (tertiary/aromatic N) is 2. The van der Waals surface area contributed by atoms with Gasteiger partial charge in [0.05, 0.1) is 11.2 Å². The Kier molecular flexibility index (Phi) is 6.18. The standard InChI is InChI=1S/C19H16Cl2N4O3/c20-13-5-6-17(15(21)7-13)28-11-19(27)24-23-8-12-9-25(10-18(22)26)16-4-2-1-3-14(12)16/h1-9H,10-11H2,(H2,22,26)(H,24,27). The van der Waals surface area contributed by atoms with Crippen LogP contribution in [0.4, 0.5) is 0 Å². The van der Waals surface area contributed by atoms with Crippen LogP contribution in [-0.2, 0) is 16.1 Å². The van der Waals surface area contributed by atoms with Gasteiger partial charge in [-0.15, -0.1) is 0 Å². The van der Waals surface area contributed by atoms with Crippen LogP contribution in [0.15, 0.2) is 53.8 Å². The van der Waals surface area contributed by atoms with Crippen LogP contribution in [0.1, 0.15) is 5.56 Å². The van der Waals surface area contributed by atoms with Crippen molar-refractivity contribution in [2.24, 2.45) is 10.8 Å². The first kappa shape index (κ1) is 19.7. The van der Waals surface area contributed by atoms with Gasteiger partial charge in [-0.3, -0.25) is 9.59 Å². The number of rotatable bonds is 7. The molecule has 0 saturated heterocycles. The molecule has 3 rings (SSSR count). The topological polar surface area (TPSA) is 98.7 Å². The molecule has 144 valence electrons. The van der Waals surface area contributed by atoms with Gasteiger partial charge in [0.25, 0.3) is 5.91 Å². The number of carbonyl (C=O) groups is 2. The van der Waals surface area contributed by atoms with E-state index >= 15 is 0 Å². The third kappa shape index (κ3) is 4.82. The predicted octanol–water partition coefficient (Wildman–Crippen LogP) is 2.96. The molecular weight excluding hydrogens is 403 g/mol. The minimum Gasteiger partial charge on any atom is -0.482 e. The number of primary amides is 1. The fraction of sp³-hybridized carbons (Fsp3) is 0.105. The Hall–Kier alpha value is -3.03. The molecule has 0 aliphatic rings. The predicted molar refractivity (Wildman–Crippen MR) is 109 cm³/mol. The summed E-state index contributed by atoms with van der Waals surface area (Å²) in [6.07, 6.45) is 3.24. The number of halogens is 2. The molecule has 0 atom stereocenters. The minimum absolute atomic E-state index is 0.0520. The second kappa shape index (κ2) is 8.77. The van der Waals surface area contributed by atoms with Gasteiger partial charge in [0.1, 0.15) is 12.3 Å². The lowest BCUT2D eigenvalue weighted by Crippen LogP contribution is -2.24. The second-order valence-corrected chi connectivity index (χ2v) is 6.70. The van der Waals surface area contributed by atoms with E-state index in [-0.39, 0.29) is 13.2 Å². The Morgan fingerprint density at radius 3 is 2.75 bits per heavy atom. The maximum atomic E-state index is 11.9. The smallest absolute Gasteiger partial charge is 0.277 e. The monoisotopic (exact) mass is 418 g/mol. The molecule has 9 heteroatoms. The van der Waals surface area contributed by atoms with Gasteiger partial charge in [0, 0.05) is 27.7 Å². The van der Waals surface area contributed by atoms with E-state index in [1.807, 2.05) is 24.3 Å². The van der Waals surface area contributed by atoms with Crippen LogP contribution in [0.2, 0.25) is 10.0 Å². The van der Waals surface area contributed by atoms with Gasteiger partial charge in [0.15, 0.2) is 6.61 Å². The zero-order chi connectivity index (χ0) is 20.1. The van der Waals surface area contributed by atoms with Crippen LogP contribution >= 0.6 is 23.2 Å². The van der Waals surface area contributed by atoms with E-state index in [0.29, 0.717) is 15.8 Å². The van der Waals surface area contributed by atoms with Gasteiger partial charge < -0.3 is 15.0 Å². The number of fused-ring (bicyclic) bond motifs is 1. The highest BCUT2D eigenvalue weighted by atomic mass is 35.5. The highest BCUT2D eigenvalue weighted by Gasteiger charge is 2.09. The fourth-order valence-electron chi connectivity index (χ4n) is 2.62. The number of ether oxygens (including phenoxy) is 1. The molecule has 0 fully saturated rings. The molecule has 0 radical (unpaired) electrons. The molecule has 0 spiro atoms. The highest BCUT2D eigenvalue weighted by molar-refractivity contribution is 6.35. The van der Waals surface area contributed by atoms with Crippen molar-refractivity contribution < 1.29 is 14.3 Å². The zero-order valence-electron chi connectivity index (χ0n) is 14.6. The number of nitrogens with one attached hydrogen (secondary N) is 1. The van der Waals surface area contributed by atoms with Crippen LogP contribution < -0.4 is 15.9 Å². The van der Waals surface area contributed by atoms with Crippen molar-refractivity contribution in [1.29, 1.82) is 0 Å². The van der Waals surface area contributed by atoms with Gasteiger partial charge in [-0.05, 0) is 24.3 Å². The Balaban J connectivity index is 1.64. The van der Waals surface area contributed by atoms with E-state index in [9.17, 15) is 9.59 Å². The van der Waals surface area contributed by atoms with E-state index in [0.717, 1.165) is 16.5 Å². The molecular formula is C19H16Cl2N4O3. The van der Waals surface area contributed by atoms with Gasteiger partial charge in [-0.1, -0.05) is 41.4 Å². The molecule has 2 aromatic carbocycles. The third-order valence-electron chi connectivity index (χ3n) is 3.79. The Labute approximate surface area is 170 Å². The molecule has 28 heavy (non-hydrogen) atoms. The number of para-hydroxylation sites is 1. The number of amides is 2. The van der Waals surface area contributed by atoms with E-state index < -0.39 is 11.8 Å². The summed E-state index contributed by atoms with van der Waals surface area (Å²) < 4.78 is 7.07. The number of nitrogens with two attached hydrogens (primary N) is 1. The largest absolute Gasteiger partial charge is 0.482 e. The summed E-state index contributed by atoms with van der Waals surface area (Å²) in [6, 6.07) is 12.2. The molecule has 2 amide bonds. The molecule has 0 aliphatic carbocycles. The fourth-order valence-corrected chi connectivity index (χ4v) is 3.08. The molecule has 3 N–H and O–H groups in total. The lowest BCUT2D eigenvalue weighted by molar-refractivity contribution is -0.123. The average Bonchev–Trinajstić information content (AvgIpc) is 2.98. The van der Waals surface area contributed by atoms with E-state index in [4.69, 9.17) is 33.7 Å². The van der Waals surface area contributed by atoms with Crippen molar-refractivity contribution >= 4 is 52.1 Å². The number of hydrogen-bond acceptors (Lipinski definition) is 4. The summed E-state index contributed by atoms with van der Waals surface area (Å²) >= 11 is 11.8. The van der Waals surface area contributed by atoms with E-state index in [1.165, 1.54) is 12.3 Å². The lowest BCUT2D eigenvalue weighted by Gasteiger charge is -2.06. The van der Waals surface area contributed by atoms with Crippen molar-refractivity contribution in [1.82, 2.24) is 9.99 Å². The Morgan fingerprint density at radius 1 is 1.21 bits per heavy atom. The molecule has 0 unspecified atom stereocenters. The Morgan fingerprint density at radius 2 is 2.00 bits per heavy atom. The van der Waals surface area contributed by atoms with Crippen LogP contribution in [0.25, 0.3) is 10.9 Å². The number of hydrazone groups is 1. The van der Waals surface area contributed by atoms with E-state index in [1.54, 1.807) is 22.9 Å². The van der Waals surface area contributed by atoms with Crippen molar-refractivity contribution in [3.05, 3.63) is 64.3 Å². The first-order chi connectivity index (χ1) is 13.4. The molecule has 0 saturated carbocycles. The first-order valence-electron chi connectivity index (χ1n) is 8.20. The van der Waals surface area contributed by atoms with Crippen molar-refractivity contribution in [2.45, 2.75) is 6.54 Å². The second-order valence-electron chi connectivity index (χ2n) is 5.85. The Bertz CT molecular complexity index is 1060. The van der Waals surface area contributed by atoms with Crippen molar-refractivity contribution in [3.63, 3.8) is 0 Å². The summed E-state index contributed by atoms with van der Waals surface area (Å²) in [7, 11) is 0. The summed E-state index contributed by atoms with van der Waals surface area (Å²) in [4.78, 5) is 23.2. The van der Waals surface area contributed by atoms with Gasteiger partial charge in [0.2, 0.25) is 5.91 Å². The zero-order valence-corrected chi connectivity index (χ0v) is 16.1. The summed E-state index contributed by atoms with van der Waals surface area (Å²) in [5.74, 6) is -0.557. The highest BCUT2D eigenvalue weighted by Crippen LogP contribution is 2.27. The van der Waals surface area contributed by atoms with Crippen LogP contribution in [0.3, 0.4) is 0 Å². The van der Waals surface area contributed by atoms with Crippen LogP contribution in [0, 0.1) is 0 Å². The minimum atomic E-state index is -0.455. The molecule has 3 aromatic rings. The summed E-state index contributed by atoms with van der Waals surface area (Å²) in [5.41, 5.74) is 9.24. The molecule has 7 nitrogen and oxygen atoms in total. The van der Waals surface area contributed by atoms with Crippen molar-refractivity contribution in [3.8, 4) is 5.75 Å². The molecule has 1 heterocycles. The van der Waals surface area contributed by atoms with Gasteiger partial charge in [-0.2, -0.15) is 5.10 Å². The molecule has 0 aliphatic heterocycles. The van der Waals surface area contributed by atoms with Crippen LogP contribution in [-0.4, -0.2) is 29.2 Å². The maximum absolute atomic E-state index is 11.9. The SMILES string of the molecule is NC(=O)Cn1cc(C=NNC(=O)COc2ccc(Cl)cc2Cl)c2ccccc21. The molecule has 1 aromatic heterocycles. The quantitative estimate of drug-likeness (QED) is 0.455. The van der Waals surface area contributed by atoms with Gasteiger partial charge >= 0.3 is 0 Å². The summed E-state index contributed by atoms with van der Waals surface area (Å²) in [6.45, 7) is -0.210. The lowest BCUT2D eigenvalue weighted by atomic mass is 10.2. The van der Waals surface area contributed by atoms with Gasteiger partial charge in [-0.25, -0.2) is 5.43 Å². The van der Waals surface area contributed by atoms with Crippen LogP contribution in [0.5, 0.6) is 5.75 Å².